The van der Waals surface area contributed by atoms with E-state index in [2.05, 4.69) is 0 Å². The van der Waals surface area contributed by atoms with E-state index < -0.39 is 40.0 Å². The van der Waals surface area contributed by atoms with E-state index in [1.165, 1.54) is 0 Å². The van der Waals surface area contributed by atoms with Gasteiger partial charge in [-0.1, -0.05) is 57.0 Å². The van der Waals surface area contributed by atoms with E-state index in [0.29, 0.717) is 31.2 Å². The molecule has 9 nitrogen and oxygen atoms in total. The van der Waals surface area contributed by atoms with E-state index in [-0.39, 0.29) is 26.1 Å². The summed E-state index contributed by atoms with van der Waals surface area (Å²) in [5.41, 5.74) is -4.77. The largest absolute Gasteiger partial charge is 0.463 e. The Labute approximate surface area is 181 Å². The van der Waals surface area contributed by atoms with Gasteiger partial charge in [0.2, 0.25) is 11.2 Å². The summed E-state index contributed by atoms with van der Waals surface area (Å²) in [5.74, 6) is -3.14. The van der Waals surface area contributed by atoms with Crippen molar-refractivity contribution >= 4 is 11.9 Å². The second-order valence-electron chi connectivity index (χ2n) is 8.03. The number of carbonyl (C=O) groups excluding carboxylic acids is 2. The summed E-state index contributed by atoms with van der Waals surface area (Å²) in [6.45, 7) is 3.69. The standard InChI is InChI=1S/C22H31NO8/c1-3-5-12-30-19(24)21(26)14-17(16-10-8-7-9-11-16)15-22(27,18(21)23(28)29)20(25)31-13-6-4-2/h7-11,17-18,26-27H,3-6,12-15H2,1-2H3/t17-,18-,21-,22+. The zero-order valence-corrected chi connectivity index (χ0v) is 18.0. The maximum Gasteiger partial charge on any atom is 0.345 e. The van der Waals surface area contributed by atoms with Crippen LogP contribution in [0.15, 0.2) is 30.3 Å². The Kier molecular flexibility index (Phi) is 8.52. The summed E-state index contributed by atoms with van der Waals surface area (Å²) in [4.78, 5) is 36.6. The molecule has 1 aromatic rings. The Morgan fingerprint density at radius 2 is 1.45 bits per heavy atom. The highest BCUT2D eigenvalue weighted by Gasteiger charge is 2.71. The zero-order chi connectivity index (χ0) is 23.1. The molecule has 0 spiro atoms. The average Bonchev–Trinajstić information content (AvgIpc) is 2.73. The topological polar surface area (TPSA) is 136 Å². The van der Waals surface area contributed by atoms with Gasteiger partial charge in [-0.2, -0.15) is 0 Å². The molecule has 9 heteroatoms. The molecule has 0 aromatic heterocycles. The number of esters is 2. The summed E-state index contributed by atoms with van der Waals surface area (Å²) < 4.78 is 10.2. The fraction of sp³-hybridized carbons (Fsp3) is 0.636. The quantitative estimate of drug-likeness (QED) is 0.246. The molecule has 4 atom stereocenters. The van der Waals surface area contributed by atoms with Crippen molar-refractivity contribution in [2.75, 3.05) is 13.2 Å². The lowest BCUT2D eigenvalue weighted by Crippen LogP contribution is -2.70. The van der Waals surface area contributed by atoms with Crippen molar-refractivity contribution in [3.05, 3.63) is 46.0 Å². The SMILES string of the molecule is CCCCOC(=O)[C@]1(O)C[C@H](c2ccccc2)C[C@](O)(C(=O)OCCCC)[C@H]1[N+](=O)[O-]. The van der Waals surface area contributed by atoms with Crippen LogP contribution < -0.4 is 0 Å². The zero-order valence-electron chi connectivity index (χ0n) is 18.0. The van der Waals surface area contributed by atoms with Crippen LogP contribution in [0.1, 0.15) is 63.9 Å². The van der Waals surface area contributed by atoms with Crippen LogP contribution in [0.3, 0.4) is 0 Å². The van der Waals surface area contributed by atoms with Crippen LogP contribution in [0.2, 0.25) is 0 Å². The van der Waals surface area contributed by atoms with E-state index in [0.717, 1.165) is 0 Å². The molecule has 1 aromatic carbocycles. The summed E-state index contributed by atoms with van der Waals surface area (Å²) in [5, 5.41) is 34.5. The predicted octanol–water partition coefficient (Wildman–Crippen LogP) is 2.36. The summed E-state index contributed by atoms with van der Waals surface area (Å²) in [6, 6.07) is 6.33. The van der Waals surface area contributed by atoms with Crippen molar-refractivity contribution < 1.29 is 34.2 Å². The molecule has 2 N–H and O–H groups in total. The van der Waals surface area contributed by atoms with Gasteiger partial charge in [-0.15, -0.1) is 0 Å². The first-order chi connectivity index (χ1) is 14.7. The van der Waals surface area contributed by atoms with Crippen LogP contribution >= 0.6 is 0 Å². The molecule has 0 aliphatic heterocycles. The minimum atomic E-state index is -2.70. The van der Waals surface area contributed by atoms with Gasteiger partial charge in [-0.25, -0.2) is 9.59 Å². The smallest absolute Gasteiger partial charge is 0.345 e. The van der Waals surface area contributed by atoms with E-state index in [1.54, 1.807) is 30.3 Å². The maximum atomic E-state index is 12.8. The molecular formula is C22H31NO8. The van der Waals surface area contributed by atoms with Gasteiger partial charge in [-0.05, 0) is 24.3 Å². The Balaban J connectivity index is 2.48. The fourth-order valence-electron chi connectivity index (χ4n) is 4.01. The van der Waals surface area contributed by atoms with Crippen molar-refractivity contribution in [3.63, 3.8) is 0 Å². The Morgan fingerprint density at radius 1 is 1.00 bits per heavy atom. The fourth-order valence-corrected chi connectivity index (χ4v) is 4.01. The van der Waals surface area contributed by atoms with Gasteiger partial charge in [0, 0.05) is 17.8 Å². The summed E-state index contributed by atoms with van der Waals surface area (Å²) in [7, 11) is 0. The number of aliphatic hydroxyl groups is 2. The van der Waals surface area contributed by atoms with Crippen LogP contribution in [-0.4, -0.2) is 57.5 Å². The van der Waals surface area contributed by atoms with Gasteiger partial charge >= 0.3 is 11.9 Å². The minimum Gasteiger partial charge on any atom is -0.463 e. The van der Waals surface area contributed by atoms with Crippen molar-refractivity contribution in [2.24, 2.45) is 0 Å². The third kappa shape index (κ3) is 5.40. The molecule has 0 bridgehead atoms. The molecule has 2 rings (SSSR count). The number of nitrogens with zero attached hydrogens (tertiary/aromatic N) is 1. The minimum absolute atomic E-state index is 0.0303. The van der Waals surface area contributed by atoms with Gasteiger partial charge in [0.1, 0.15) is 0 Å². The molecule has 0 heterocycles. The van der Waals surface area contributed by atoms with E-state index in [4.69, 9.17) is 9.47 Å². The molecule has 1 fully saturated rings. The summed E-state index contributed by atoms with van der Waals surface area (Å²) in [6.07, 6.45) is 1.72. The van der Waals surface area contributed by atoms with E-state index in [1.807, 2.05) is 13.8 Å². The van der Waals surface area contributed by atoms with E-state index >= 15 is 0 Å². The Bertz CT molecular complexity index is 732. The Hall–Kier alpha value is -2.52. The predicted molar refractivity (Wildman–Crippen MR) is 111 cm³/mol. The number of carbonyl (C=O) groups is 2. The first-order valence-corrected chi connectivity index (χ1v) is 10.7. The third-order valence-electron chi connectivity index (χ3n) is 5.67. The molecule has 31 heavy (non-hydrogen) atoms. The monoisotopic (exact) mass is 437 g/mol. The summed E-state index contributed by atoms with van der Waals surface area (Å²) >= 11 is 0. The molecule has 0 radical (unpaired) electrons. The second kappa shape index (κ2) is 10.7. The highest BCUT2D eigenvalue weighted by atomic mass is 16.6. The van der Waals surface area contributed by atoms with Crippen molar-refractivity contribution in [1.29, 1.82) is 0 Å². The van der Waals surface area contributed by atoms with Crippen LogP contribution in [0.5, 0.6) is 0 Å². The number of nitro groups is 1. The van der Waals surface area contributed by atoms with Gasteiger partial charge in [0.15, 0.2) is 0 Å². The van der Waals surface area contributed by atoms with E-state index in [9.17, 15) is 29.9 Å². The number of ether oxygens (including phenoxy) is 2. The molecule has 0 saturated heterocycles. The van der Waals surface area contributed by atoms with Crippen LogP contribution in [0, 0.1) is 10.1 Å². The number of rotatable bonds is 10. The van der Waals surface area contributed by atoms with Gasteiger partial charge < -0.3 is 19.7 Å². The highest BCUT2D eigenvalue weighted by Crippen LogP contribution is 2.46. The maximum absolute atomic E-state index is 12.8. The normalized spacial score (nSPS) is 28.0. The highest BCUT2D eigenvalue weighted by molar-refractivity contribution is 5.86. The first kappa shape index (κ1) is 24.7. The number of benzene rings is 1. The third-order valence-corrected chi connectivity index (χ3v) is 5.67. The van der Waals surface area contributed by atoms with Gasteiger partial charge in [0.05, 0.1) is 13.2 Å². The van der Waals surface area contributed by atoms with Crippen LogP contribution in [-0.2, 0) is 19.1 Å². The van der Waals surface area contributed by atoms with Crippen LogP contribution in [0.25, 0.3) is 0 Å². The Morgan fingerprint density at radius 3 is 1.84 bits per heavy atom. The number of unbranched alkanes of at least 4 members (excludes halogenated alkanes) is 2. The molecule has 1 aliphatic rings. The second-order valence-corrected chi connectivity index (χ2v) is 8.03. The van der Waals surface area contributed by atoms with Crippen LogP contribution in [0.4, 0.5) is 0 Å². The lowest BCUT2D eigenvalue weighted by atomic mass is 9.64. The number of hydrogen-bond donors (Lipinski definition) is 2. The number of hydrogen-bond acceptors (Lipinski definition) is 8. The molecule has 1 saturated carbocycles. The van der Waals surface area contributed by atoms with Crippen molar-refractivity contribution in [2.45, 2.75) is 75.5 Å². The lowest BCUT2D eigenvalue weighted by molar-refractivity contribution is -0.566. The molecule has 172 valence electrons. The van der Waals surface area contributed by atoms with Crippen molar-refractivity contribution in [1.82, 2.24) is 0 Å². The molecule has 1 aliphatic carbocycles. The molecule has 0 amide bonds. The first-order valence-electron chi connectivity index (χ1n) is 10.7. The van der Waals surface area contributed by atoms with Crippen molar-refractivity contribution in [3.8, 4) is 0 Å². The van der Waals surface area contributed by atoms with Gasteiger partial charge in [0.25, 0.3) is 6.04 Å². The molecule has 0 unspecified atom stereocenters. The lowest BCUT2D eigenvalue weighted by Gasteiger charge is -2.44. The van der Waals surface area contributed by atoms with Gasteiger partial charge in [-0.3, -0.25) is 10.1 Å². The molecular weight excluding hydrogens is 406 g/mol. The average molecular weight is 437 g/mol.